The van der Waals surface area contributed by atoms with E-state index in [1.807, 2.05) is 24.3 Å². The average Bonchev–Trinajstić information content (AvgIpc) is 2.32. The summed E-state index contributed by atoms with van der Waals surface area (Å²) in [7, 11) is 0. The molecule has 0 aliphatic heterocycles. The highest BCUT2D eigenvalue weighted by molar-refractivity contribution is 7.72. The molecule has 0 bridgehead atoms. The van der Waals surface area contributed by atoms with Gasteiger partial charge in [0.1, 0.15) is 20.3 Å². The lowest BCUT2D eigenvalue weighted by atomic mass is 10.3. The first-order chi connectivity index (χ1) is 7.75. The van der Waals surface area contributed by atoms with Gasteiger partial charge in [-0.05, 0) is 12.1 Å². The molecule has 3 rings (SSSR count). The van der Waals surface area contributed by atoms with E-state index in [9.17, 15) is 0 Å². The molecule has 16 heavy (non-hydrogen) atoms. The van der Waals surface area contributed by atoms with Crippen LogP contribution in [0.1, 0.15) is 0 Å². The number of H-pyrrole nitrogens is 2. The molecule has 0 spiro atoms. The summed E-state index contributed by atoms with van der Waals surface area (Å²) in [6, 6.07) is 7.63. The second-order valence-electron chi connectivity index (χ2n) is 3.32. The third-order valence-corrected chi connectivity index (χ3v) is 2.88. The number of nitrogens with one attached hydrogen (secondary N) is 2. The van der Waals surface area contributed by atoms with Gasteiger partial charge in [0.15, 0.2) is 0 Å². The van der Waals surface area contributed by atoms with E-state index in [0.29, 0.717) is 20.3 Å². The highest BCUT2D eigenvalue weighted by atomic mass is 32.1. The number of aromatic amines is 2. The van der Waals surface area contributed by atoms with Crippen molar-refractivity contribution in [3.05, 3.63) is 33.5 Å². The molecule has 6 heteroatoms. The van der Waals surface area contributed by atoms with Crippen LogP contribution >= 0.6 is 24.4 Å². The Bertz CT molecular complexity index is 735. The first kappa shape index (κ1) is 9.56. The van der Waals surface area contributed by atoms with Gasteiger partial charge in [-0.1, -0.05) is 36.6 Å². The lowest BCUT2D eigenvalue weighted by Crippen LogP contribution is -1.93. The lowest BCUT2D eigenvalue weighted by molar-refractivity contribution is 1.01. The predicted molar refractivity (Wildman–Crippen MR) is 67.4 cm³/mol. The van der Waals surface area contributed by atoms with E-state index in [0.717, 1.165) is 11.0 Å². The Morgan fingerprint density at radius 1 is 0.812 bits per heavy atom. The van der Waals surface area contributed by atoms with Gasteiger partial charge >= 0.3 is 0 Å². The zero-order valence-electron chi connectivity index (χ0n) is 8.02. The van der Waals surface area contributed by atoms with Gasteiger partial charge in [0.2, 0.25) is 0 Å². The molecule has 2 heterocycles. The number of rotatable bonds is 0. The van der Waals surface area contributed by atoms with E-state index < -0.39 is 0 Å². The minimum atomic E-state index is 0.516. The highest BCUT2D eigenvalue weighted by Gasteiger charge is 2.03. The molecule has 0 radical (unpaired) electrons. The zero-order chi connectivity index (χ0) is 11.1. The van der Waals surface area contributed by atoms with Crippen LogP contribution in [0.15, 0.2) is 24.3 Å². The maximum Gasteiger partial charge on any atom is 0.146 e. The lowest BCUT2D eigenvalue weighted by Gasteiger charge is -2.00. The van der Waals surface area contributed by atoms with Crippen LogP contribution in [0, 0.1) is 9.28 Å². The fraction of sp³-hybridized carbons (Fsp3) is 0. The Labute approximate surface area is 100 Å². The number of aromatic nitrogens is 4. The largest absolute Gasteiger partial charge is 0.288 e. The Morgan fingerprint density at radius 2 is 1.25 bits per heavy atom. The summed E-state index contributed by atoms with van der Waals surface area (Å²) in [4.78, 5) is 8.91. The maximum absolute atomic E-state index is 5.14. The van der Waals surface area contributed by atoms with E-state index in [1.165, 1.54) is 0 Å². The minimum absolute atomic E-state index is 0.516. The maximum atomic E-state index is 5.14. The number of nitrogens with zero attached hydrogens (tertiary/aromatic N) is 2. The molecule has 78 valence electrons. The zero-order valence-corrected chi connectivity index (χ0v) is 9.65. The van der Waals surface area contributed by atoms with Crippen molar-refractivity contribution in [1.29, 1.82) is 0 Å². The van der Waals surface area contributed by atoms with Crippen LogP contribution in [0.5, 0.6) is 0 Å². The molecule has 2 aromatic heterocycles. The Morgan fingerprint density at radius 3 is 1.69 bits per heavy atom. The Hall–Kier alpha value is -1.66. The molecule has 0 fully saturated rings. The summed E-state index contributed by atoms with van der Waals surface area (Å²) < 4.78 is 1.03. The van der Waals surface area contributed by atoms with Gasteiger partial charge in [-0.3, -0.25) is 10.2 Å². The van der Waals surface area contributed by atoms with Crippen molar-refractivity contribution < 1.29 is 0 Å². The van der Waals surface area contributed by atoms with E-state index in [4.69, 9.17) is 24.4 Å². The van der Waals surface area contributed by atoms with Crippen LogP contribution in [-0.2, 0) is 0 Å². The molecular formula is C10H6N4S2. The van der Waals surface area contributed by atoms with Crippen molar-refractivity contribution in [2.75, 3.05) is 0 Å². The van der Waals surface area contributed by atoms with Gasteiger partial charge in [-0.2, -0.15) is 0 Å². The molecule has 1 aromatic carbocycles. The average molecular weight is 246 g/mol. The van der Waals surface area contributed by atoms with Crippen molar-refractivity contribution in [3.8, 4) is 0 Å². The van der Waals surface area contributed by atoms with Crippen LogP contribution in [0.4, 0.5) is 0 Å². The molecular weight excluding hydrogens is 240 g/mol. The molecule has 0 saturated carbocycles. The molecule has 0 atom stereocenters. The van der Waals surface area contributed by atoms with E-state index in [2.05, 4.69) is 20.2 Å². The predicted octanol–water partition coefficient (Wildman–Crippen LogP) is 2.90. The molecule has 0 aliphatic carbocycles. The van der Waals surface area contributed by atoms with Gasteiger partial charge < -0.3 is 0 Å². The topological polar surface area (TPSA) is 57.4 Å². The SMILES string of the molecule is S=c1[nH][nH]c(=S)c2nc3ccccc3nc12. The number of fused-ring (bicyclic) bond motifs is 2. The van der Waals surface area contributed by atoms with Crippen LogP contribution in [0.25, 0.3) is 22.1 Å². The van der Waals surface area contributed by atoms with Crippen LogP contribution < -0.4 is 0 Å². The Kier molecular flexibility index (Phi) is 2.05. The quantitative estimate of drug-likeness (QED) is 0.473. The molecule has 0 saturated heterocycles. The number of hydrogen-bond donors (Lipinski definition) is 2. The van der Waals surface area contributed by atoms with Crippen LogP contribution in [0.2, 0.25) is 0 Å². The summed E-state index contributed by atoms with van der Waals surface area (Å²) >= 11 is 10.3. The molecule has 0 unspecified atom stereocenters. The molecule has 3 aromatic rings. The fourth-order valence-corrected chi connectivity index (χ4v) is 1.94. The van der Waals surface area contributed by atoms with E-state index >= 15 is 0 Å². The molecule has 4 nitrogen and oxygen atoms in total. The van der Waals surface area contributed by atoms with E-state index in [-0.39, 0.29) is 0 Å². The normalized spacial score (nSPS) is 11.0. The van der Waals surface area contributed by atoms with Crippen molar-refractivity contribution >= 4 is 46.5 Å². The van der Waals surface area contributed by atoms with Crippen molar-refractivity contribution in [1.82, 2.24) is 20.2 Å². The third kappa shape index (κ3) is 1.35. The number of para-hydroxylation sites is 2. The van der Waals surface area contributed by atoms with Gasteiger partial charge in [-0.25, -0.2) is 9.97 Å². The minimum Gasteiger partial charge on any atom is -0.288 e. The van der Waals surface area contributed by atoms with Gasteiger partial charge in [0.25, 0.3) is 0 Å². The second kappa shape index (κ2) is 3.43. The summed E-state index contributed by atoms with van der Waals surface area (Å²) in [5.74, 6) is 0. The van der Waals surface area contributed by atoms with Gasteiger partial charge in [0, 0.05) is 0 Å². The summed E-state index contributed by atoms with van der Waals surface area (Å²) in [6.07, 6.45) is 0. The standard InChI is InChI=1S/C10H6N4S2/c15-9-7-8(10(16)14-13-9)12-6-4-2-1-3-5(6)11-7/h1-4H,(H,13,15)(H,14,16). The van der Waals surface area contributed by atoms with E-state index in [1.54, 1.807) is 0 Å². The first-order valence-corrected chi connectivity index (χ1v) is 5.45. The van der Waals surface area contributed by atoms with Crippen molar-refractivity contribution in [2.45, 2.75) is 0 Å². The molecule has 0 aliphatic rings. The van der Waals surface area contributed by atoms with Crippen LogP contribution in [-0.4, -0.2) is 20.2 Å². The monoisotopic (exact) mass is 246 g/mol. The van der Waals surface area contributed by atoms with Crippen molar-refractivity contribution in [3.63, 3.8) is 0 Å². The summed E-state index contributed by atoms with van der Waals surface area (Å²) in [5.41, 5.74) is 2.90. The summed E-state index contributed by atoms with van der Waals surface area (Å²) in [6.45, 7) is 0. The van der Waals surface area contributed by atoms with Gasteiger partial charge in [-0.15, -0.1) is 0 Å². The van der Waals surface area contributed by atoms with Crippen LogP contribution in [0.3, 0.4) is 0 Å². The fourth-order valence-electron chi connectivity index (χ4n) is 1.55. The van der Waals surface area contributed by atoms with Gasteiger partial charge in [0.05, 0.1) is 11.0 Å². The second-order valence-corrected chi connectivity index (χ2v) is 4.13. The highest BCUT2D eigenvalue weighted by Crippen LogP contribution is 2.15. The number of hydrogen-bond acceptors (Lipinski definition) is 4. The van der Waals surface area contributed by atoms with Crippen molar-refractivity contribution in [2.24, 2.45) is 0 Å². The molecule has 0 amide bonds. The third-order valence-electron chi connectivity index (χ3n) is 2.29. The summed E-state index contributed by atoms with van der Waals surface area (Å²) in [5, 5.41) is 5.58. The smallest absolute Gasteiger partial charge is 0.146 e. The first-order valence-electron chi connectivity index (χ1n) is 4.63. The molecule has 2 N–H and O–H groups in total. The number of benzene rings is 1. The Balaban J connectivity index is 2.66.